The highest BCUT2D eigenvalue weighted by atomic mass is 32.2. The van der Waals surface area contributed by atoms with Crippen LogP contribution in [-0.4, -0.2) is 42.9 Å². The highest BCUT2D eigenvalue weighted by molar-refractivity contribution is 7.90. The lowest BCUT2D eigenvalue weighted by Gasteiger charge is -2.12. The molecule has 218 valence electrons. The van der Waals surface area contributed by atoms with Crippen molar-refractivity contribution in [1.29, 1.82) is 0 Å². The highest BCUT2D eigenvalue weighted by Gasteiger charge is 2.29. The number of nitrogens with one attached hydrogen (secondary N) is 1. The van der Waals surface area contributed by atoms with Crippen molar-refractivity contribution in [3.8, 4) is 16.9 Å². The number of nitrogens with zero attached hydrogens (tertiary/aromatic N) is 5. The summed E-state index contributed by atoms with van der Waals surface area (Å²) in [6.07, 6.45) is 2.41. The Morgan fingerprint density at radius 3 is 2.48 bits per heavy atom. The van der Waals surface area contributed by atoms with Crippen molar-refractivity contribution in [2.24, 2.45) is 0 Å². The van der Waals surface area contributed by atoms with Gasteiger partial charge in [-0.05, 0) is 68.4 Å². The Morgan fingerprint density at radius 1 is 0.932 bits per heavy atom. The minimum Gasteiger partial charge on any atom is -0.383 e. The standard InChI is InChI=1S/C32H24FN7O3S/c1-18-3-9-24(10-4-18)44(42,43)40-29-13-20(26-11-7-22(33)16-35-26)5-6-21(29)14-30(40)31(41)25-17-36-39(32(25)34)23-8-12-27-28(15-23)38-19(2)37-27/h3-17H,34H2,1-2H3,(H,37,38). The Kier molecular flexibility index (Phi) is 6.18. The summed E-state index contributed by atoms with van der Waals surface area (Å²) in [6, 6.07) is 21.1. The van der Waals surface area contributed by atoms with E-state index in [-0.39, 0.29) is 27.5 Å². The second-order valence-electron chi connectivity index (χ2n) is 10.5. The lowest BCUT2D eigenvalue weighted by atomic mass is 10.1. The normalized spacial score (nSPS) is 11.9. The first-order valence-corrected chi connectivity index (χ1v) is 15.0. The smallest absolute Gasteiger partial charge is 0.268 e. The van der Waals surface area contributed by atoms with Gasteiger partial charge in [-0.1, -0.05) is 29.8 Å². The lowest BCUT2D eigenvalue weighted by molar-refractivity contribution is 0.103. The Balaban J connectivity index is 1.40. The molecule has 3 N–H and O–H groups in total. The molecule has 0 fully saturated rings. The molecule has 0 spiro atoms. The molecular weight excluding hydrogens is 581 g/mol. The number of hydrogen-bond donors (Lipinski definition) is 2. The van der Waals surface area contributed by atoms with Gasteiger partial charge in [0.1, 0.15) is 23.2 Å². The van der Waals surface area contributed by atoms with Crippen LogP contribution in [0.5, 0.6) is 0 Å². The van der Waals surface area contributed by atoms with Crippen LogP contribution in [0.4, 0.5) is 10.2 Å². The zero-order chi connectivity index (χ0) is 30.7. The first-order valence-electron chi connectivity index (χ1n) is 13.5. The molecule has 4 heterocycles. The third-order valence-corrected chi connectivity index (χ3v) is 9.20. The Labute approximate surface area is 250 Å². The van der Waals surface area contributed by atoms with Crippen molar-refractivity contribution in [2.75, 3.05) is 5.73 Å². The Bertz CT molecular complexity index is 2350. The largest absolute Gasteiger partial charge is 0.383 e. The number of nitrogens with two attached hydrogens (primary N) is 1. The van der Waals surface area contributed by atoms with Crippen molar-refractivity contribution in [2.45, 2.75) is 18.7 Å². The average Bonchev–Trinajstić information content (AvgIpc) is 3.70. The van der Waals surface area contributed by atoms with Crippen molar-refractivity contribution in [1.82, 2.24) is 28.7 Å². The molecule has 0 aliphatic heterocycles. The number of ketones is 1. The number of nitrogen functional groups attached to an aromatic ring is 1. The third kappa shape index (κ3) is 4.43. The molecule has 0 bridgehead atoms. The second-order valence-corrected chi connectivity index (χ2v) is 12.2. The number of aryl methyl sites for hydroxylation is 2. The second kappa shape index (κ2) is 9.99. The maximum atomic E-state index is 14.2. The van der Waals surface area contributed by atoms with E-state index in [4.69, 9.17) is 5.73 Å². The van der Waals surface area contributed by atoms with Gasteiger partial charge in [-0.25, -0.2) is 26.4 Å². The number of rotatable bonds is 6. The van der Waals surface area contributed by atoms with Crippen LogP contribution < -0.4 is 5.73 Å². The number of aromatic amines is 1. The van der Waals surface area contributed by atoms with Crippen LogP contribution in [0.15, 0.2) is 96.2 Å². The van der Waals surface area contributed by atoms with Crippen molar-refractivity contribution >= 4 is 43.6 Å². The van der Waals surface area contributed by atoms with Gasteiger partial charge < -0.3 is 10.7 Å². The van der Waals surface area contributed by atoms with Crippen LogP contribution in [0.25, 0.3) is 38.9 Å². The van der Waals surface area contributed by atoms with Crippen molar-refractivity contribution < 1.29 is 17.6 Å². The van der Waals surface area contributed by atoms with Gasteiger partial charge in [-0.15, -0.1) is 0 Å². The van der Waals surface area contributed by atoms with E-state index in [1.165, 1.54) is 41.2 Å². The fourth-order valence-electron chi connectivity index (χ4n) is 5.25. The number of aromatic nitrogens is 6. The number of carbonyl (C=O) groups excluding carboxylic acids is 1. The lowest BCUT2D eigenvalue weighted by Crippen LogP contribution is -2.19. The summed E-state index contributed by atoms with van der Waals surface area (Å²) in [7, 11) is -4.27. The molecule has 0 aliphatic rings. The molecule has 10 nitrogen and oxygen atoms in total. The first-order chi connectivity index (χ1) is 21.1. The summed E-state index contributed by atoms with van der Waals surface area (Å²) >= 11 is 0. The van der Waals surface area contributed by atoms with E-state index in [0.717, 1.165) is 27.1 Å². The van der Waals surface area contributed by atoms with Crippen LogP contribution in [0.1, 0.15) is 27.4 Å². The highest BCUT2D eigenvalue weighted by Crippen LogP contribution is 2.32. The average molecular weight is 606 g/mol. The van der Waals surface area contributed by atoms with Crippen LogP contribution in [-0.2, 0) is 10.0 Å². The molecule has 0 aliphatic carbocycles. The number of halogens is 1. The van der Waals surface area contributed by atoms with Gasteiger partial charge >= 0.3 is 0 Å². The molecule has 0 atom stereocenters. The summed E-state index contributed by atoms with van der Waals surface area (Å²) in [6.45, 7) is 3.70. The van der Waals surface area contributed by atoms with E-state index in [1.54, 1.807) is 42.5 Å². The number of pyridine rings is 1. The molecule has 3 aromatic carbocycles. The van der Waals surface area contributed by atoms with Crippen LogP contribution >= 0.6 is 0 Å². The first kappa shape index (κ1) is 27.2. The number of benzene rings is 3. The molecule has 0 unspecified atom stereocenters. The van der Waals surface area contributed by atoms with Gasteiger partial charge in [0.25, 0.3) is 10.0 Å². The van der Waals surface area contributed by atoms with E-state index < -0.39 is 21.6 Å². The summed E-state index contributed by atoms with van der Waals surface area (Å²) < 4.78 is 44.4. The van der Waals surface area contributed by atoms with Crippen LogP contribution in [0.3, 0.4) is 0 Å². The fraction of sp³-hybridized carbons (Fsp3) is 0.0625. The predicted octanol–water partition coefficient (Wildman–Crippen LogP) is 5.57. The Hall–Kier alpha value is -5.62. The Morgan fingerprint density at radius 2 is 1.73 bits per heavy atom. The summed E-state index contributed by atoms with van der Waals surface area (Å²) in [4.78, 5) is 25.9. The maximum absolute atomic E-state index is 14.2. The minimum atomic E-state index is -4.27. The molecule has 0 radical (unpaired) electrons. The van der Waals surface area contributed by atoms with E-state index in [9.17, 15) is 17.6 Å². The SMILES string of the molecule is Cc1ccc(S(=O)(=O)n2c(C(=O)c3cnn(-c4ccc5[nH]c(C)nc5c4)c3N)cc3ccc(-c4ccc(F)cn4)cc32)cc1. The zero-order valence-corrected chi connectivity index (χ0v) is 24.3. The predicted molar refractivity (Wildman–Crippen MR) is 165 cm³/mol. The maximum Gasteiger partial charge on any atom is 0.268 e. The monoisotopic (exact) mass is 605 g/mol. The van der Waals surface area contributed by atoms with Crippen molar-refractivity contribution in [3.63, 3.8) is 0 Å². The van der Waals surface area contributed by atoms with Crippen molar-refractivity contribution in [3.05, 3.63) is 120 Å². The molecule has 44 heavy (non-hydrogen) atoms. The number of carbonyl (C=O) groups is 1. The molecular formula is C32H24FN7O3S. The molecule has 7 rings (SSSR count). The summed E-state index contributed by atoms with van der Waals surface area (Å²) in [5.74, 6) is -0.325. The molecule has 7 aromatic rings. The molecule has 0 saturated carbocycles. The molecule has 12 heteroatoms. The van der Waals surface area contributed by atoms with Gasteiger partial charge in [0.15, 0.2) is 0 Å². The van der Waals surface area contributed by atoms with E-state index in [0.29, 0.717) is 27.8 Å². The van der Waals surface area contributed by atoms with E-state index >= 15 is 0 Å². The van der Waals surface area contributed by atoms with Gasteiger partial charge in [0, 0.05) is 10.9 Å². The zero-order valence-electron chi connectivity index (χ0n) is 23.5. The third-order valence-electron chi connectivity index (χ3n) is 7.46. The number of fused-ring (bicyclic) bond motifs is 2. The van der Waals surface area contributed by atoms with Crippen LogP contribution in [0, 0.1) is 19.7 Å². The number of hydrogen-bond acceptors (Lipinski definition) is 7. The summed E-state index contributed by atoms with van der Waals surface area (Å²) in [5.41, 5.74) is 10.6. The fourth-order valence-corrected chi connectivity index (χ4v) is 6.75. The van der Waals surface area contributed by atoms with Crippen LogP contribution in [0.2, 0.25) is 0 Å². The van der Waals surface area contributed by atoms with Gasteiger partial charge in [-0.3, -0.25) is 9.78 Å². The molecule has 4 aromatic heterocycles. The van der Waals surface area contributed by atoms with E-state index in [1.807, 2.05) is 19.9 Å². The topological polar surface area (TPSA) is 142 Å². The van der Waals surface area contributed by atoms with E-state index in [2.05, 4.69) is 20.1 Å². The number of anilines is 1. The molecule has 0 saturated heterocycles. The quantitative estimate of drug-likeness (QED) is 0.236. The van der Waals surface area contributed by atoms with Gasteiger partial charge in [0.2, 0.25) is 5.78 Å². The summed E-state index contributed by atoms with van der Waals surface area (Å²) in [5, 5.41) is 4.86. The van der Waals surface area contributed by atoms with Gasteiger partial charge in [0.05, 0.1) is 50.8 Å². The minimum absolute atomic E-state index is 0.00576. The molecule has 0 amide bonds. The number of H-pyrrole nitrogens is 1. The number of imidazole rings is 1. The van der Waals surface area contributed by atoms with Gasteiger partial charge in [-0.2, -0.15) is 5.10 Å².